The lowest BCUT2D eigenvalue weighted by Crippen LogP contribution is -2.16. The maximum Gasteiger partial charge on any atom is 0.226 e. The lowest BCUT2D eigenvalue weighted by atomic mass is 10.0. The van der Waals surface area contributed by atoms with Crippen molar-refractivity contribution in [2.75, 3.05) is 17.2 Å². The quantitative estimate of drug-likeness (QED) is 0.422. The predicted molar refractivity (Wildman–Crippen MR) is 125 cm³/mol. The molecule has 2 aromatic heterocycles. The highest BCUT2D eigenvalue weighted by atomic mass is 32.1. The van der Waals surface area contributed by atoms with E-state index in [1.165, 1.54) is 10.4 Å². The number of nitrogens with one attached hydrogen (secondary N) is 2. The molecular formula is C24H24N4OS. The van der Waals surface area contributed by atoms with Gasteiger partial charge in [-0.3, -0.25) is 4.79 Å². The van der Waals surface area contributed by atoms with Gasteiger partial charge in [0.05, 0.1) is 5.39 Å². The zero-order valence-corrected chi connectivity index (χ0v) is 18.1. The summed E-state index contributed by atoms with van der Waals surface area (Å²) in [5.74, 6) is 0.738. The predicted octanol–water partition coefficient (Wildman–Crippen LogP) is 5.72. The van der Waals surface area contributed by atoms with E-state index in [9.17, 15) is 4.79 Å². The Morgan fingerprint density at radius 2 is 1.80 bits per heavy atom. The van der Waals surface area contributed by atoms with E-state index in [1.807, 2.05) is 31.2 Å². The van der Waals surface area contributed by atoms with Crippen molar-refractivity contribution in [1.29, 1.82) is 0 Å². The van der Waals surface area contributed by atoms with Gasteiger partial charge in [0.2, 0.25) is 5.91 Å². The van der Waals surface area contributed by atoms with Crippen LogP contribution in [0.1, 0.15) is 22.4 Å². The first-order valence-electron chi connectivity index (χ1n) is 9.93. The van der Waals surface area contributed by atoms with E-state index < -0.39 is 0 Å². The number of amides is 1. The van der Waals surface area contributed by atoms with Crippen LogP contribution < -0.4 is 10.6 Å². The molecule has 2 heterocycles. The number of nitrogens with zero attached hydrogens (tertiary/aromatic N) is 2. The molecule has 152 valence electrons. The number of thiophene rings is 1. The van der Waals surface area contributed by atoms with Gasteiger partial charge in [-0.05, 0) is 44.0 Å². The molecule has 0 unspecified atom stereocenters. The van der Waals surface area contributed by atoms with Crippen LogP contribution in [0.3, 0.4) is 0 Å². The topological polar surface area (TPSA) is 66.9 Å². The maximum atomic E-state index is 12.3. The summed E-state index contributed by atoms with van der Waals surface area (Å²) in [5.41, 5.74) is 5.47. The number of fused-ring (bicyclic) bond motifs is 1. The van der Waals surface area contributed by atoms with Crippen molar-refractivity contribution in [3.8, 4) is 11.1 Å². The third kappa shape index (κ3) is 4.33. The first-order valence-corrected chi connectivity index (χ1v) is 10.7. The van der Waals surface area contributed by atoms with Crippen LogP contribution in [0.5, 0.6) is 0 Å². The Hall–Kier alpha value is -3.25. The molecule has 2 N–H and O–H groups in total. The Bertz CT molecular complexity index is 1200. The summed E-state index contributed by atoms with van der Waals surface area (Å²) < 4.78 is 0. The smallest absolute Gasteiger partial charge is 0.226 e. The molecule has 0 radical (unpaired) electrons. The average molecular weight is 417 g/mol. The van der Waals surface area contributed by atoms with Crippen LogP contribution in [0.4, 0.5) is 11.5 Å². The molecule has 1 amide bonds. The summed E-state index contributed by atoms with van der Waals surface area (Å²) in [6.07, 6.45) is 1.93. The fraction of sp³-hybridized carbons (Fsp3) is 0.208. The minimum Gasteiger partial charge on any atom is -0.369 e. The van der Waals surface area contributed by atoms with E-state index in [0.29, 0.717) is 13.0 Å². The number of benzene rings is 2. The third-order valence-electron chi connectivity index (χ3n) is 4.95. The number of aromatic nitrogens is 2. The largest absolute Gasteiger partial charge is 0.369 e. The average Bonchev–Trinajstić information content (AvgIpc) is 3.05. The molecule has 4 aromatic rings. The zero-order valence-electron chi connectivity index (χ0n) is 17.3. The van der Waals surface area contributed by atoms with Gasteiger partial charge < -0.3 is 10.6 Å². The first kappa shape index (κ1) is 20.0. The van der Waals surface area contributed by atoms with Crippen molar-refractivity contribution < 1.29 is 4.79 Å². The molecule has 0 aliphatic carbocycles. The van der Waals surface area contributed by atoms with Gasteiger partial charge in [0.25, 0.3) is 0 Å². The van der Waals surface area contributed by atoms with Gasteiger partial charge in [0, 0.05) is 29.1 Å². The van der Waals surface area contributed by atoms with Gasteiger partial charge in [-0.25, -0.2) is 9.97 Å². The Balaban J connectivity index is 1.52. The van der Waals surface area contributed by atoms with Crippen LogP contribution in [0.25, 0.3) is 21.3 Å². The highest BCUT2D eigenvalue weighted by Crippen LogP contribution is 2.40. The fourth-order valence-electron chi connectivity index (χ4n) is 3.49. The fourth-order valence-corrected chi connectivity index (χ4v) is 4.50. The second kappa shape index (κ2) is 8.63. The summed E-state index contributed by atoms with van der Waals surface area (Å²) in [5, 5.41) is 7.31. The summed E-state index contributed by atoms with van der Waals surface area (Å²) in [4.78, 5) is 23.4. The molecule has 0 fully saturated rings. The van der Waals surface area contributed by atoms with Crippen molar-refractivity contribution in [3.05, 3.63) is 70.9 Å². The van der Waals surface area contributed by atoms with Crippen LogP contribution in [0.15, 0.2) is 54.9 Å². The van der Waals surface area contributed by atoms with E-state index in [0.717, 1.165) is 38.4 Å². The number of anilines is 2. The summed E-state index contributed by atoms with van der Waals surface area (Å²) in [7, 11) is 0. The van der Waals surface area contributed by atoms with Crippen molar-refractivity contribution in [3.63, 3.8) is 0 Å². The molecule has 0 aliphatic heterocycles. The lowest BCUT2D eigenvalue weighted by molar-refractivity contribution is -0.115. The Kier molecular flexibility index (Phi) is 5.77. The van der Waals surface area contributed by atoms with E-state index in [1.54, 1.807) is 17.7 Å². The van der Waals surface area contributed by atoms with Crippen molar-refractivity contribution in [2.45, 2.75) is 27.2 Å². The molecule has 6 heteroatoms. The highest BCUT2D eigenvalue weighted by Gasteiger charge is 2.16. The molecule has 30 heavy (non-hydrogen) atoms. The zero-order chi connectivity index (χ0) is 21.1. The number of carbonyl (C=O) groups excluding carboxylic acids is 1. The Labute approximate surface area is 180 Å². The first-order chi connectivity index (χ1) is 14.5. The standard InChI is InChI=1S/C24H24N4OS/c1-15-7-9-18(10-8-15)21-17(3)30-24-22(21)23(26-14-27-24)25-12-11-20(29)28-19-6-4-5-16(2)13-19/h4-10,13-14H,11-12H2,1-3H3,(H,28,29)(H,25,26,27). The molecule has 5 nitrogen and oxygen atoms in total. The molecule has 0 saturated carbocycles. The minimum absolute atomic E-state index is 0.0290. The number of carbonyl (C=O) groups is 1. The second-order valence-electron chi connectivity index (χ2n) is 7.40. The SMILES string of the molecule is Cc1ccc(-c2c(C)sc3ncnc(NCCC(=O)Nc4cccc(C)c4)c23)cc1. The number of hydrogen-bond donors (Lipinski definition) is 2. The minimum atomic E-state index is -0.0290. The second-order valence-corrected chi connectivity index (χ2v) is 8.60. The van der Waals surface area contributed by atoms with Crippen molar-refractivity contribution in [1.82, 2.24) is 9.97 Å². The van der Waals surface area contributed by atoms with Gasteiger partial charge in [-0.1, -0.05) is 42.0 Å². The third-order valence-corrected chi connectivity index (χ3v) is 5.96. The monoisotopic (exact) mass is 416 g/mol. The molecule has 4 rings (SSSR count). The van der Waals surface area contributed by atoms with E-state index in [-0.39, 0.29) is 5.91 Å². The lowest BCUT2D eigenvalue weighted by Gasteiger charge is -2.10. The summed E-state index contributed by atoms with van der Waals surface area (Å²) in [6, 6.07) is 16.3. The number of rotatable bonds is 6. The van der Waals surface area contributed by atoms with E-state index in [2.05, 4.69) is 58.7 Å². The normalized spacial score (nSPS) is 10.9. The van der Waals surface area contributed by atoms with Crippen LogP contribution in [-0.2, 0) is 4.79 Å². The molecule has 0 atom stereocenters. The van der Waals surface area contributed by atoms with Gasteiger partial charge in [-0.2, -0.15) is 0 Å². The summed E-state index contributed by atoms with van der Waals surface area (Å²) in [6.45, 7) is 6.69. The van der Waals surface area contributed by atoms with Gasteiger partial charge in [0.1, 0.15) is 17.0 Å². The molecule has 2 aromatic carbocycles. The molecule has 0 spiro atoms. The van der Waals surface area contributed by atoms with Crippen LogP contribution in [0, 0.1) is 20.8 Å². The van der Waals surface area contributed by atoms with Crippen molar-refractivity contribution in [2.24, 2.45) is 0 Å². The maximum absolute atomic E-state index is 12.3. The Morgan fingerprint density at radius 1 is 1.00 bits per heavy atom. The molecular weight excluding hydrogens is 392 g/mol. The van der Waals surface area contributed by atoms with Crippen LogP contribution in [0.2, 0.25) is 0 Å². The number of hydrogen-bond acceptors (Lipinski definition) is 5. The van der Waals surface area contributed by atoms with Gasteiger partial charge in [-0.15, -0.1) is 11.3 Å². The molecule has 0 saturated heterocycles. The molecule has 0 aliphatic rings. The van der Waals surface area contributed by atoms with Crippen LogP contribution >= 0.6 is 11.3 Å². The van der Waals surface area contributed by atoms with Gasteiger partial charge >= 0.3 is 0 Å². The van der Waals surface area contributed by atoms with E-state index >= 15 is 0 Å². The van der Waals surface area contributed by atoms with Crippen LogP contribution in [-0.4, -0.2) is 22.4 Å². The highest BCUT2D eigenvalue weighted by molar-refractivity contribution is 7.19. The van der Waals surface area contributed by atoms with Crippen molar-refractivity contribution >= 4 is 39.0 Å². The van der Waals surface area contributed by atoms with E-state index in [4.69, 9.17) is 0 Å². The number of aryl methyl sites for hydroxylation is 3. The summed E-state index contributed by atoms with van der Waals surface area (Å²) >= 11 is 1.66. The van der Waals surface area contributed by atoms with Gasteiger partial charge in [0.15, 0.2) is 0 Å². The molecule has 0 bridgehead atoms. The Morgan fingerprint density at radius 3 is 2.57 bits per heavy atom.